The minimum atomic E-state index is -4.81. The molecule has 194 valence electrons. The van der Waals surface area contributed by atoms with Gasteiger partial charge in [0.05, 0.1) is 5.69 Å². The molecule has 12 heteroatoms. The average molecular weight is 545 g/mol. The van der Waals surface area contributed by atoms with Crippen molar-refractivity contribution in [1.29, 1.82) is 0 Å². The summed E-state index contributed by atoms with van der Waals surface area (Å²) in [5.74, 6) is -0.807. The number of benzene rings is 1. The number of nitrogens with one attached hydrogen (secondary N) is 1. The van der Waals surface area contributed by atoms with E-state index >= 15 is 0 Å². The first-order chi connectivity index (χ1) is 17.0. The summed E-state index contributed by atoms with van der Waals surface area (Å²) in [6, 6.07) is 7.50. The van der Waals surface area contributed by atoms with Gasteiger partial charge in [-0.1, -0.05) is 55.1 Å². The molecule has 0 radical (unpaired) electrons. The van der Waals surface area contributed by atoms with Gasteiger partial charge >= 0.3 is 12.4 Å². The lowest BCUT2D eigenvalue weighted by molar-refractivity contribution is -0.274. The third-order valence-electron chi connectivity index (χ3n) is 6.40. The summed E-state index contributed by atoms with van der Waals surface area (Å²) >= 11 is 12.0. The second-order valence-electron chi connectivity index (χ2n) is 8.97. The highest BCUT2D eigenvalue weighted by Crippen LogP contribution is 2.43. The second-order valence-corrected chi connectivity index (χ2v) is 9.74. The van der Waals surface area contributed by atoms with Crippen LogP contribution in [-0.4, -0.2) is 52.9 Å². The molecule has 2 aliphatic heterocycles. The zero-order valence-electron chi connectivity index (χ0n) is 19.4. The molecule has 7 nitrogen and oxygen atoms in total. The van der Waals surface area contributed by atoms with E-state index in [1.165, 1.54) is 41.3 Å². The van der Waals surface area contributed by atoms with E-state index in [1.807, 2.05) is 0 Å². The molecule has 1 N–H and O–H groups in total. The molecule has 1 aromatic heterocycles. The Bertz CT molecular complexity index is 1110. The van der Waals surface area contributed by atoms with Gasteiger partial charge in [0.25, 0.3) is 5.91 Å². The molecule has 1 aromatic carbocycles. The third-order valence-corrected chi connectivity index (χ3v) is 6.79. The minimum absolute atomic E-state index is 0.0370. The fourth-order valence-electron chi connectivity index (χ4n) is 4.87. The standard InChI is InChI=1S/C24H25Cl2F3N4O3/c1-2-3-4-9-30-16-13-23(12-15-5-7-18(8-6-15)36-24(27,28)29)21(34)33(22(35)32(23)14-16)17-10-19(25)31-20(26)11-17/h5-8,10-11,16,30H,2-4,9,12-14H2,1H3/t16-,23+/m0/s1. The minimum Gasteiger partial charge on any atom is -0.406 e. The summed E-state index contributed by atoms with van der Waals surface area (Å²) < 4.78 is 41.6. The van der Waals surface area contributed by atoms with E-state index in [9.17, 15) is 22.8 Å². The molecule has 2 saturated heterocycles. The number of amides is 3. The quantitative estimate of drug-likeness (QED) is 0.253. The Kier molecular flexibility index (Phi) is 7.68. The van der Waals surface area contributed by atoms with Crippen molar-refractivity contribution in [1.82, 2.24) is 15.2 Å². The predicted octanol–water partition coefficient (Wildman–Crippen LogP) is 5.59. The van der Waals surface area contributed by atoms with Gasteiger partial charge in [0.15, 0.2) is 0 Å². The lowest BCUT2D eigenvalue weighted by Crippen LogP contribution is -2.47. The molecule has 2 aliphatic rings. The Morgan fingerprint density at radius 1 is 1.14 bits per heavy atom. The summed E-state index contributed by atoms with van der Waals surface area (Å²) in [4.78, 5) is 33.8. The predicted molar refractivity (Wildman–Crippen MR) is 129 cm³/mol. The number of imide groups is 1. The number of unbranched alkanes of at least 4 members (excludes halogenated alkanes) is 2. The number of aromatic nitrogens is 1. The number of pyridine rings is 1. The van der Waals surface area contributed by atoms with Gasteiger partial charge in [-0.3, -0.25) is 4.79 Å². The molecule has 2 aromatic rings. The van der Waals surface area contributed by atoms with E-state index < -0.39 is 23.8 Å². The van der Waals surface area contributed by atoms with Crippen LogP contribution in [0.3, 0.4) is 0 Å². The van der Waals surface area contributed by atoms with Crippen molar-refractivity contribution in [2.45, 2.75) is 57.0 Å². The number of hydrogen-bond donors (Lipinski definition) is 1. The van der Waals surface area contributed by atoms with Crippen molar-refractivity contribution in [2.24, 2.45) is 0 Å². The Labute approximate surface area is 216 Å². The second kappa shape index (κ2) is 10.4. The smallest absolute Gasteiger partial charge is 0.406 e. The number of carbonyl (C=O) groups excluding carboxylic acids is 2. The SMILES string of the molecule is CCCCCN[C@@H]1CN2C(=O)N(c3cc(Cl)nc(Cl)c3)C(=O)[C@@]2(Cc2ccc(OC(F)(F)F)cc2)C1. The maximum Gasteiger partial charge on any atom is 0.573 e. The fraction of sp³-hybridized carbons (Fsp3) is 0.458. The van der Waals surface area contributed by atoms with E-state index in [0.29, 0.717) is 18.5 Å². The maximum absolute atomic E-state index is 13.9. The van der Waals surface area contributed by atoms with E-state index in [2.05, 4.69) is 22.0 Å². The lowest BCUT2D eigenvalue weighted by atomic mass is 9.87. The van der Waals surface area contributed by atoms with Gasteiger partial charge in [-0.25, -0.2) is 14.7 Å². The molecule has 0 unspecified atom stereocenters. The Balaban J connectivity index is 1.63. The number of carbonyl (C=O) groups is 2. The van der Waals surface area contributed by atoms with Crippen LogP contribution in [-0.2, 0) is 11.2 Å². The third kappa shape index (κ3) is 5.55. The van der Waals surface area contributed by atoms with Crippen LogP contribution in [0.1, 0.15) is 38.2 Å². The Morgan fingerprint density at radius 2 is 1.81 bits per heavy atom. The van der Waals surface area contributed by atoms with Gasteiger partial charge in [-0.15, -0.1) is 13.2 Å². The number of alkyl halides is 3. The number of hydrogen-bond acceptors (Lipinski definition) is 5. The number of fused-ring (bicyclic) bond motifs is 1. The lowest BCUT2D eigenvalue weighted by Gasteiger charge is -2.28. The summed E-state index contributed by atoms with van der Waals surface area (Å²) in [6.07, 6.45) is -1.22. The number of ether oxygens (including phenoxy) is 1. The molecular weight excluding hydrogens is 520 g/mol. The summed E-state index contributed by atoms with van der Waals surface area (Å²) in [6.45, 7) is 3.18. The molecule has 4 rings (SSSR count). The number of rotatable bonds is 9. The molecule has 0 aliphatic carbocycles. The van der Waals surface area contributed by atoms with Crippen LogP contribution in [0.5, 0.6) is 5.75 Å². The normalized spacial score (nSPS) is 21.9. The maximum atomic E-state index is 13.9. The van der Waals surface area contributed by atoms with Crippen LogP contribution in [0.2, 0.25) is 10.3 Å². The van der Waals surface area contributed by atoms with Gasteiger partial charge in [-0.05, 0) is 49.2 Å². The van der Waals surface area contributed by atoms with Crippen LogP contribution < -0.4 is 15.0 Å². The molecular formula is C24H25Cl2F3N4O3. The molecule has 36 heavy (non-hydrogen) atoms. The highest BCUT2D eigenvalue weighted by atomic mass is 35.5. The average Bonchev–Trinajstić information content (AvgIpc) is 3.24. The number of anilines is 1. The first-order valence-electron chi connectivity index (χ1n) is 11.6. The summed E-state index contributed by atoms with van der Waals surface area (Å²) in [5, 5.41) is 3.52. The van der Waals surface area contributed by atoms with Crippen molar-refractivity contribution in [3.8, 4) is 5.75 Å². The van der Waals surface area contributed by atoms with Gasteiger partial charge in [0.2, 0.25) is 0 Å². The van der Waals surface area contributed by atoms with Gasteiger partial charge in [0.1, 0.15) is 21.6 Å². The van der Waals surface area contributed by atoms with Crippen molar-refractivity contribution >= 4 is 40.8 Å². The summed E-state index contributed by atoms with van der Waals surface area (Å²) in [7, 11) is 0. The van der Waals surface area contributed by atoms with Crippen LogP contribution in [0, 0.1) is 0 Å². The number of nitrogens with zero attached hydrogens (tertiary/aromatic N) is 3. The van der Waals surface area contributed by atoms with Crippen molar-refractivity contribution < 1.29 is 27.5 Å². The van der Waals surface area contributed by atoms with Crippen LogP contribution in [0.4, 0.5) is 23.7 Å². The molecule has 0 saturated carbocycles. The van der Waals surface area contributed by atoms with Gasteiger partial charge in [-0.2, -0.15) is 0 Å². The molecule has 3 amide bonds. The molecule has 2 atom stereocenters. The molecule has 0 spiro atoms. The highest BCUT2D eigenvalue weighted by Gasteiger charge is 2.62. The van der Waals surface area contributed by atoms with Crippen LogP contribution in [0.15, 0.2) is 36.4 Å². The molecule has 3 heterocycles. The number of urea groups is 1. The molecule has 0 bridgehead atoms. The van der Waals surface area contributed by atoms with E-state index in [1.54, 1.807) is 0 Å². The van der Waals surface area contributed by atoms with Crippen LogP contribution in [0.25, 0.3) is 0 Å². The van der Waals surface area contributed by atoms with Gasteiger partial charge < -0.3 is 15.0 Å². The van der Waals surface area contributed by atoms with Crippen molar-refractivity contribution in [3.63, 3.8) is 0 Å². The van der Waals surface area contributed by atoms with Crippen LogP contribution >= 0.6 is 23.2 Å². The first kappa shape index (κ1) is 26.5. The zero-order valence-corrected chi connectivity index (χ0v) is 21.0. The van der Waals surface area contributed by atoms with E-state index in [4.69, 9.17) is 23.2 Å². The number of halogens is 5. The Hall–Kier alpha value is -2.56. The van der Waals surface area contributed by atoms with Gasteiger partial charge in [0, 0.05) is 19.0 Å². The largest absolute Gasteiger partial charge is 0.573 e. The first-order valence-corrected chi connectivity index (χ1v) is 12.4. The topological polar surface area (TPSA) is 74.8 Å². The van der Waals surface area contributed by atoms with E-state index in [-0.39, 0.29) is 34.2 Å². The Morgan fingerprint density at radius 3 is 2.42 bits per heavy atom. The fourth-order valence-corrected chi connectivity index (χ4v) is 5.32. The zero-order chi connectivity index (χ0) is 26.1. The molecule has 2 fully saturated rings. The highest BCUT2D eigenvalue weighted by molar-refractivity contribution is 6.33. The van der Waals surface area contributed by atoms with Crippen molar-refractivity contribution in [2.75, 3.05) is 18.0 Å². The van der Waals surface area contributed by atoms with E-state index in [0.717, 1.165) is 30.7 Å². The monoisotopic (exact) mass is 544 g/mol. The summed E-state index contributed by atoms with van der Waals surface area (Å²) in [5.41, 5.74) is -0.409. The van der Waals surface area contributed by atoms with Crippen molar-refractivity contribution in [3.05, 3.63) is 52.3 Å².